The summed E-state index contributed by atoms with van der Waals surface area (Å²) in [4.78, 5) is 21.8. The number of nitrogens with two attached hydrogens (primary N) is 2. The van der Waals surface area contributed by atoms with Crippen molar-refractivity contribution in [3.8, 4) is 0 Å². The average Bonchev–Trinajstić information content (AvgIpc) is 2.11. The van der Waals surface area contributed by atoms with Crippen LogP contribution in [0.15, 0.2) is 0 Å². The molecule has 5 N–H and O–H groups in total. The molecule has 0 fully saturated rings. The number of amides is 1. The van der Waals surface area contributed by atoms with Crippen LogP contribution in [0.4, 0.5) is 13.2 Å². The van der Waals surface area contributed by atoms with E-state index in [1.54, 1.807) is 0 Å². The van der Waals surface area contributed by atoms with E-state index in [-0.39, 0.29) is 6.92 Å². The molecule has 0 bridgehead atoms. The summed E-state index contributed by atoms with van der Waals surface area (Å²) < 4.78 is 37.6. The van der Waals surface area contributed by atoms with Gasteiger partial charge in [-0.05, 0) is 13.8 Å². The van der Waals surface area contributed by atoms with Crippen LogP contribution in [-0.4, -0.2) is 39.7 Å². The van der Waals surface area contributed by atoms with Crippen molar-refractivity contribution in [3.05, 3.63) is 0 Å². The molecule has 0 radical (unpaired) electrons. The number of halogens is 3. The summed E-state index contributed by atoms with van der Waals surface area (Å²) in [6, 6.07) is -1.33. The number of hydrogen-bond donors (Lipinski definition) is 3. The minimum Gasteiger partial charge on any atom is -0.479 e. The van der Waals surface area contributed by atoms with Crippen LogP contribution < -0.4 is 11.6 Å². The number of carboxylic acid groups (broad SMARTS) is 1. The molecule has 6 nitrogen and oxygen atoms in total. The largest absolute Gasteiger partial charge is 0.479 e. The second-order valence-electron chi connectivity index (χ2n) is 3.37. The number of carbonyl (C=O) groups is 2. The van der Waals surface area contributed by atoms with E-state index in [4.69, 9.17) is 16.7 Å². The molecule has 94 valence electrons. The molecule has 0 aromatic rings. The maximum atomic E-state index is 12.5. The fourth-order valence-electron chi connectivity index (χ4n) is 0.801. The molecule has 0 aliphatic carbocycles. The van der Waals surface area contributed by atoms with Crippen LogP contribution in [0.1, 0.15) is 13.8 Å². The molecular weight excluding hydrogens is 231 g/mol. The predicted octanol–water partition coefficient (Wildman–Crippen LogP) is -0.558. The molecule has 2 atom stereocenters. The number of rotatable bonds is 3. The molecular formula is C7H12F3N3O3. The van der Waals surface area contributed by atoms with E-state index in [0.29, 0.717) is 0 Å². The van der Waals surface area contributed by atoms with Crippen LogP contribution in [0.3, 0.4) is 0 Å². The van der Waals surface area contributed by atoms with Gasteiger partial charge >= 0.3 is 12.1 Å². The van der Waals surface area contributed by atoms with Gasteiger partial charge in [0.25, 0.3) is 5.91 Å². The van der Waals surface area contributed by atoms with Crippen molar-refractivity contribution in [2.45, 2.75) is 31.6 Å². The van der Waals surface area contributed by atoms with Crippen molar-refractivity contribution in [2.24, 2.45) is 11.6 Å². The normalized spacial score (nSPS) is 17.4. The van der Waals surface area contributed by atoms with Gasteiger partial charge in [0, 0.05) is 0 Å². The molecule has 0 aliphatic rings. The van der Waals surface area contributed by atoms with Crippen LogP contribution in [0.2, 0.25) is 0 Å². The first-order valence-electron chi connectivity index (χ1n) is 4.10. The summed E-state index contributed by atoms with van der Waals surface area (Å²) in [6.07, 6.45) is -5.21. The Hall–Kier alpha value is -1.35. The lowest BCUT2D eigenvalue weighted by Gasteiger charge is -2.36. The van der Waals surface area contributed by atoms with Crippen LogP contribution in [0, 0.1) is 0 Å². The molecule has 0 saturated heterocycles. The third-order valence-electron chi connectivity index (χ3n) is 2.08. The summed E-state index contributed by atoms with van der Waals surface area (Å²) in [6.45, 7) is 1.39. The van der Waals surface area contributed by atoms with Gasteiger partial charge < -0.3 is 10.8 Å². The van der Waals surface area contributed by atoms with Gasteiger partial charge in [-0.15, -0.1) is 0 Å². The van der Waals surface area contributed by atoms with Crippen LogP contribution in [0.5, 0.6) is 0 Å². The Morgan fingerprint density at radius 2 is 1.75 bits per heavy atom. The van der Waals surface area contributed by atoms with E-state index in [1.165, 1.54) is 0 Å². The number of alkyl halides is 3. The SMILES string of the molecule is CC(N)C(=O)N(N)C(C)(C(=O)O)C(F)(F)F. The Labute approximate surface area is 89.0 Å². The van der Waals surface area contributed by atoms with Gasteiger partial charge in [0.1, 0.15) is 0 Å². The maximum Gasteiger partial charge on any atom is 0.423 e. The van der Waals surface area contributed by atoms with Crippen LogP contribution in [-0.2, 0) is 9.59 Å². The predicted molar refractivity (Wildman–Crippen MR) is 46.8 cm³/mol. The highest BCUT2D eigenvalue weighted by Gasteiger charge is 2.62. The minimum atomic E-state index is -5.21. The van der Waals surface area contributed by atoms with Gasteiger partial charge in [0.05, 0.1) is 6.04 Å². The monoisotopic (exact) mass is 243 g/mol. The Morgan fingerprint density at radius 1 is 1.38 bits per heavy atom. The maximum absolute atomic E-state index is 12.5. The summed E-state index contributed by atoms with van der Waals surface area (Å²) in [5, 5.41) is 8.13. The highest BCUT2D eigenvalue weighted by atomic mass is 19.4. The lowest BCUT2D eigenvalue weighted by Crippen LogP contribution is -2.68. The zero-order valence-electron chi connectivity index (χ0n) is 8.58. The highest BCUT2D eigenvalue weighted by Crippen LogP contribution is 2.34. The molecule has 2 unspecified atom stereocenters. The first-order valence-corrected chi connectivity index (χ1v) is 4.10. The molecule has 0 spiro atoms. The number of nitrogens with zero attached hydrogens (tertiary/aromatic N) is 1. The molecule has 0 heterocycles. The van der Waals surface area contributed by atoms with Gasteiger partial charge in [-0.3, -0.25) is 9.80 Å². The van der Waals surface area contributed by atoms with Gasteiger partial charge in [-0.25, -0.2) is 10.6 Å². The third-order valence-corrected chi connectivity index (χ3v) is 2.08. The lowest BCUT2D eigenvalue weighted by molar-refractivity contribution is -0.233. The van der Waals surface area contributed by atoms with Gasteiger partial charge in [0.2, 0.25) is 5.54 Å². The molecule has 0 rings (SSSR count). The van der Waals surface area contributed by atoms with E-state index in [9.17, 15) is 22.8 Å². The standard InChI is InChI=1S/C7H12F3N3O3/c1-3(11)4(14)13(12)6(2,5(15)16)7(8,9)10/h3H,11-12H2,1-2H3,(H,15,16). The zero-order valence-corrected chi connectivity index (χ0v) is 8.58. The highest BCUT2D eigenvalue weighted by molar-refractivity contribution is 5.89. The van der Waals surface area contributed by atoms with Crippen LogP contribution in [0.25, 0.3) is 0 Å². The first-order chi connectivity index (χ1) is 6.96. The van der Waals surface area contributed by atoms with Crippen molar-refractivity contribution < 1.29 is 27.9 Å². The fourth-order valence-corrected chi connectivity index (χ4v) is 0.801. The number of carboxylic acids is 1. The molecule has 0 aliphatic heterocycles. The Bertz CT molecular complexity index is 305. The topological polar surface area (TPSA) is 110 Å². The quantitative estimate of drug-likeness (QED) is 0.349. The number of aliphatic carboxylic acids is 1. The Kier molecular flexibility index (Phi) is 3.90. The zero-order chi connectivity index (χ0) is 13.3. The Balaban J connectivity index is 5.40. The van der Waals surface area contributed by atoms with Crippen molar-refractivity contribution >= 4 is 11.9 Å². The Morgan fingerprint density at radius 3 is 1.94 bits per heavy atom. The lowest BCUT2D eigenvalue weighted by atomic mass is 10.0. The summed E-state index contributed by atoms with van der Waals surface area (Å²) >= 11 is 0. The minimum absolute atomic E-state index is 0.287. The molecule has 0 aromatic carbocycles. The molecule has 1 amide bonds. The van der Waals surface area contributed by atoms with Crippen LogP contribution >= 0.6 is 0 Å². The van der Waals surface area contributed by atoms with Gasteiger partial charge in [-0.2, -0.15) is 13.2 Å². The number of hydrazine groups is 1. The second kappa shape index (κ2) is 4.26. The van der Waals surface area contributed by atoms with E-state index >= 15 is 0 Å². The average molecular weight is 243 g/mol. The molecule has 16 heavy (non-hydrogen) atoms. The van der Waals surface area contributed by atoms with E-state index in [0.717, 1.165) is 6.92 Å². The van der Waals surface area contributed by atoms with E-state index < -0.39 is 34.6 Å². The van der Waals surface area contributed by atoms with Gasteiger partial charge in [-0.1, -0.05) is 0 Å². The van der Waals surface area contributed by atoms with Crippen molar-refractivity contribution in [1.82, 2.24) is 5.01 Å². The third kappa shape index (κ3) is 2.25. The number of carbonyl (C=O) groups excluding carboxylic acids is 1. The number of hydrogen-bond acceptors (Lipinski definition) is 4. The van der Waals surface area contributed by atoms with Crippen molar-refractivity contribution in [2.75, 3.05) is 0 Å². The molecule has 9 heteroatoms. The van der Waals surface area contributed by atoms with E-state index in [1.807, 2.05) is 0 Å². The van der Waals surface area contributed by atoms with Gasteiger partial charge in [0.15, 0.2) is 0 Å². The molecule has 0 saturated carbocycles. The molecule has 0 aromatic heterocycles. The van der Waals surface area contributed by atoms with Crippen molar-refractivity contribution in [1.29, 1.82) is 0 Å². The van der Waals surface area contributed by atoms with Crippen molar-refractivity contribution in [3.63, 3.8) is 0 Å². The first kappa shape index (κ1) is 14.6. The second-order valence-corrected chi connectivity index (χ2v) is 3.37. The summed E-state index contributed by atoms with van der Waals surface area (Å²) in [5.74, 6) is 1.29. The smallest absolute Gasteiger partial charge is 0.423 e. The fraction of sp³-hybridized carbons (Fsp3) is 0.714. The van der Waals surface area contributed by atoms with E-state index in [2.05, 4.69) is 0 Å². The summed E-state index contributed by atoms with van der Waals surface area (Å²) in [5.41, 5.74) is 1.54. The summed E-state index contributed by atoms with van der Waals surface area (Å²) in [7, 11) is 0.